The predicted molar refractivity (Wildman–Crippen MR) is 80.6 cm³/mol. The Hall–Kier alpha value is -2.82. The minimum Gasteiger partial charge on any atom is -0.294 e. The van der Waals surface area contributed by atoms with E-state index in [4.69, 9.17) is 0 Å². The van der Waals surface area contributed by atoms with Crippen LogP contribution in [0.25, 0.3) is 11.6 Å². The highest BCUT2D eigenvalue weighted by molar-refractivity contribution is 6.23. The Balaban J connectivity index is 2.50. The van der Waals surface area contributed by atoms with Crippen molar-refractivity contribution in [2.75, 3.05) is 0 Å². The summed E-state index contributed by atoms with van der Waals surface area (Å²) >= 11 is 0. The zero-order valence-electron chi connectivity index (χ0n) is 11.7. The van der Waals surface area contributed by atoms with Gasteiger partial charge in [-0.2, -0.15) is 0 Å². The van der Waals surface area contributed by atoms with Crippen LogP contribution in [0.2, 0.25) is 0 Å². The molecule has 1 aromatic carbocycles. The van der Waals surface area contributed by atoms with Crippen LogP contribution in [0.3, 0.4) is 0 Å². The highest BCUT2D eigenvalue weighted by Crippen LogP contribution is 2.20. The fourth-order valence-electron chi connectivity index (χ4n) is 1.94. The minimum absolute atomic E-state index is 0.0103. The molecule has 0 saturated heterocycles. The number of ketones is 1. The maximum Gasteiger partial charge on any atom is 0.270 e. The number of benzene rings is 1. The second kappa shape index (κ2) is 6.09. The van der Waals surface area contributed by atoms with Crippen molar-refractivity contribution in [3.8, 4) is 0 Å². The fraction of sp³-hybridized carbons (Fsp3) is 0.125. The van der Waals surface area contributed by atoms with Gasteiger partial charge in [-0.1, -0.05) is 18.2 Å². The lowest BCUT2D eigenvalue weighted by Crippen LogP contribution is -1.99. The van der Waals surface area contributed by atoms with Crippen LogP contribution in [0.4, 0.5) is 5.69 Å². The van der Waals surface area contributed by atoms with Crippen LogP contribution >= 0.6 is 0 Å². The predicted octanol–water partition coefficient (Wildman–Crippen LogP) is 3.43. The Labute approximate surface area is 122 Å². The molecular formula is C16H14N2O3. The molecule has 0 fully saturated rings. The summed E-state index contributed by atoms with van der Waals surface area (Å²) < 4.78 is 0. The van der Waals surface area contributed by atoms with Gasteiger partial charge >= 0.3 is 0 Å². The molecule has 0 spiro atoms. The van der Waals surface area contributed by atoms with Crippen LogP contribution in [0.1, 0.15) is 23.9 Å². The number of pyridine rings is 1. The van der Waals surface area contributed by atoms with Gasteiger partial charge in [-0.15, -0.1) is 0 Å². The number of hydrogen-bond donors (Lipinski definition) is 0. The van der Waals surface area contributed by atoms with Gasteiger partial charge in [-0.25, -0.2) is 0 Å². The molecule has 0 bridgehead atoms. The van der Waals surface area contributed by atoms with E-state index in [9.17, 15) is 14.9 Å². The van der Waals surface area contributed by atoms with E-state index in [0.717, 1.165) is 5.69 Å². The van der Waals surface area contributed by atoms with Crippen LogP contribution in [0.15, 0.2) is 42.5 Å². The van der Waals surface area contributed by atoms with Crippen LogP contribution < -0.4 is 0 Å². The Kier molecular flexibility index (Phi) is 4.23. The van der Waals surface area contributed by atoms with Crippen molar-refractivity contribution in [1.82, 2.24) is 4.98 Å². The smallest absolute Gasteiger partial charge is 0.270 e. The second-order valence-corrected chi connectivity index (χ2v) is 4.63. The van der Waals surface area contributed by atoms with Gasteiger partial charge in [0.15, 0.2) is 5.78 Å². The van der Waals surface area contributed by atoms with E-state index in [1.807, 2.05) is 19.1 Å². The number of rotatable bonds is 4. The molecule has 2 aromatic rings. The summed E-state index contributed by atoms with van der Waals surface area (Å²) in [7, 11) is 0. The molecule has 0 aliphatic heterocycles. The number of aromatic nitrogens is 1. The molecule has 0 amide bonds. The molecule has 1 heterocycles. The largest absolute Gasteiger partial charge is 0.294 e. The lowest BCUT2D eigenvalue weighted by Gasteiger charge is -2.04. The maximum atomic E-state index is 11.8. The van der Waals surface area contributed by atoms with E-state index in [1.165, 1.54) is 19.1 Å². The highest BCUT2D eigenvalue weighted by Gasteiger charge is 2.11. The van der Waals surface area contributed by atoms with E-state index in [-0.39, 0.29) is 11.5 Å². The normalized spacial score (nSPS) is 11.2. The van der Waals surface area contributed by atoms with Gasteiger partial charge in [0.2, 0.25) is 0 Å². The van der Waals surface area contributed by atoms with Gasteiger partial charge in [-0.05, 0) is 37.6 Å². The summed E-state index contributed by atoms with van der Waals surface area (Å²) in [5.41, 5.74) is 2.38. The van der Waals surface area contributed by atoms with E-state index in [0.29, 0.717) is 16.8 Å². The number of nitro benzene ring substituents is 1. The molecule has 0 atom stereocenters. The van der Waals surface area contributed by atoms with E-state index in [2.05, 4.69) is 4.98 Å². The third-order valence-electron chi connectivity index (χ3n) is 2.94. The first-order chi connectivity index (χ1) is 9.97. The number of carbonyl (C=O) groups is 1. The molecule has 0 N–H and O–H groups in total. The van der Waals surface area contributed by atoms with E-state index in [1.54, 1.807) is 24.3 Å². The van der Waals surface area contributed by atoms with Crippen LogP contribution in [0.5, 0.6) is 0 Å². The molecule has 0 radical (unpaired) electrons. The number of allylic oxidation sites excluding steroid dienone is 1. The molecule has 2 rings (SSSR count). The zero-order valence-corrected chi connectivity index (χ0v) is 11.7. The van der Waals surface area contributed by atoms with E-state index < -0.39 is 4.92 Å². The average Bonchev–Trinajstić information content (AvgIpc) is 2.44. The Morgan fingerprint density at radius 1 is 1.24 bits per heavy atom. The first kappa shape index (κ1) is 14.6. The molecule has 0 aliphatic carbocycles. The summed E-state index contributed by atoms with van der Waals surface area (Å²) in [5, 5.41) is 10.8. The number of nitrogens with zero attached hydrogens (tertiary/aromatic N) is 2. The Bertz CT molecular complexity index is 736. The molecule has 1 aromatic heterocycles. The van der Waals surface area contributed by atoms with Gasteiger partial charge in [0.05, 0.1) is 10.6 Å². The number of Topliss-reactive ketones (excluding diaryl/α,β-unsaturated/α-hetero) is 1. The number of non-ortho nitro benzene ring substituents is 1. The van der Waals surface area contributed by atoms with Gasteiger partial charge in [0.25, 0.3) is 5.69 Å². The lowest BCUT2D eigenvalue weighted by molar-refractivity contribution is -0.384. The highest BCUT2D eigenvalue weighted by atomic mass is 16.6. The van der Waals surface area contributed by atoms with Gasteiger partial charge in [0.1, 0.15) is 0 Å². The van der Waals surface area contributed by atoms with Gasteiger partial charge < -0.3 is 0 Å². The summed E-state index contributed by atoms with van der Waals surface area (Å²) in [5.74, 6) is -0.139. The van der Waals surface area contributed by atoms with Crippen molar-refractivity contribution in [3.05, 3.63) is 69.5 Å². The number of carbonyl (C=O) groups excluding carboxylic acids is 1. The minimum atomic E-state index is -0.463. The topological polar surface area (TPSA) is 73.1 Å². The van der Waals surface area contributed by atoms with Crippen molar-refractivity contribution in [2.24, 2.45) is 0 Å². The zero-order chi connectivity index (χ0) is 15.4. The Morgan fingerprint density at radius 2 is 1.95 bits per heavy atom. The van der Waals surface area contributed by atoms with E-state index >= 15 is 0 Å². The third-order valence-corrected chi connectivity index (χ3v) is 2.94. The Morgan fingerprint density at radius 3 is 2.57 bits per heavy atom. The monoisotopic (exact) mass is 282 g/mol. The first-order valence-corrected chi connectivity index (χ1v) is 6.38. The summed E-state index contributed by atoms with van der Waals surface area (Å²) in [6.07, 6.45) is 1.62. The molecule has 106 valence electrons. The fourth-order valence-corrected chi connectivity index (χ4v) is 1.94. The number of nitro groups is 1. The summed E-state index contributed by atoms with van der Waals surface area (Å²) in [4.78, 5) is 26.5. The van der Waals surface area contributed by atoms with Gasteiger partial charge in [0, 0.05) is 23.4 Å². The van der Waals surface area contributed by atoms with Gasteiger partial charge in [-0.3, -0.25) is 19.9 Å². The first-order valence-electron chi connectivity index (χ1n) is 6.38. The second-order valence-electron chi connectivity index (χ2n) is 4.63. The van der Waals surface area contributed by atoms with Crippen molar-refractivity contribution in [1.29, 1.82) is 0 Å². The van der Waals surface area contributed by atoms with Crippen LogP contribution in [-0.4, -0.2) is 15.7 Å². The molecule has 0 saturated carbocycles. The van der Waals surface area contributed by atoms with Crippen LogP contribution in [0, 0.1) is 17.0 Å². The van der Waals surface area contributed by atoms with Crippen LogP contribution in [-0.2, 0) is 4.79 Å². The quantitative estimate of drug-likeness (QED) is 0.489. The van der Waals surface area contributed by atoms with Crippen molar-refractivity contribution >= 4 is 23.1 Å². The van der Waals surface area contributed by atoms with Crippen molar-refractivity contribution in [2.45, 2.75) is 13.8 Å². The van der Waals surface area contributed by atoms with Crippen molar-refractivity contribution < 1.29 is 9.72 Å². The molecule has 21 heavy (non-hydrogen) atoms. The summed E-state index contributed by atoms with van der Waals surface area (Å²) in [6.45, 7) is 3.29. The third kappa shape index (κ3) is 3.60. The standard InChI is InChI=1S/C16H14N2O3/c1-11-5-3-8-16(17-11)15(12(2)19)10-13-6-4-7-14(9-13)18(20)21/h3-10H,1-2H3. The molecule has 0 unspecified atom stereocenters. The maximum absolute atomic E-state index is 11.8. The molecule has 5 heteroatoms. The molecule has 0 aliphatic rings. The van der Waals surface area contributed by atoms with Crippen molar-refractivity contribution in [3.63, 3.8) is 0 Å². The lowest BCUT2D eigenvalue weighted by atomic mass is 10.0. The summed E-state index contributed by atoms with van der Waals surface area (Å²) in [6, 6.07) is 11.6. The SMILES string of the molecule is CC(=O)C(=Cc1cccc([N+](=O)[O-])c1)c1cccc(C)n1. The molecule has 5 nitrogen and oxygen atoms in total. The number of aryl methyl sites for hydroxylation is 1. The average molecular weight is 282 g/mol. The molecular weight excluding hydrogens is 268 g/mol. The number of hydrogen-bond acceptors (Lipinski definition) is 4.